The molecule has 0 heterocycles. The Balaban J connectivity index is 1.68. The lowest BCUT2D eigenvalue weighted by Gasteiger charge is -2.21. The molecule has 3 aromatic rings. The van der Waals surface area contributed by atoms with Crippen molar-refractivity contribution in [3.8, 4) is 0 Å². The van der Waals surface area contributed by atoms with Crippen molar-refractivity contribution in [2.75, 3.05) is 6.61 Å². The first kappa shape index (κ1) is 29.8. The Morgan fingerprint density at radius 3 is 2.33 bits per heavy atom. The molecule has 0 aliphatic heterocycles. The highest BCUT2D eigenvalue weighted by Gasteiger charge is 2.30. The number of carbonyl (C=O) groups excluding carboxylic acids is 3. The van der Waals surface area contributed by atoms with Gasteiger partial charge in [-0.2, -0.15) is 4.72 Å². The standard InChI is InChI=1S/C29H35N3O6S/c1-4-5-17-38-27(33)18-26(32-39(36,37)24-15-13-20(2)14-16-24)29(35)31-21(3)28(34)30-19-23-11-8-10-22-9-6-7-12-25(22)23/h6-16,21,26,32H,4-5,17-19H2,1-3H3,(H,30,34)(H,31,35)/t21-,26-/m0/s1. The maximum Gasteiger partial charge on any atom is 0.307 e. The Hall–Kier alpha value is -3.76. The minimum Gasteiger partial charge on any atom is -0.466 e. The van der Waals surface area contributed by atoms with E-state index in [4.69, 9.17) is 4.74 Å². The van der Waals surface area contributed by atoms with E-state index < -0.39 is 46.3 Å². The SMILES string of the molecule is CCCCOC(=O)C[C@H](NS(=O)(=O)c1ccc(C)cc1)C(=O)N[C@@H](C)C(=O)NCc1cccc2ccccc12. The van der Waals surface area contributed by atoms with Gasteiger partial charge >= 0.3 is 5.97 Å². The van der Waals surface area contributed by atoms with Crippen LogP contribution in [-0.4, -0.2) is 44.9 Å². The molecule has 10 heteroatoms. The smallest absolute Gasteiger partial charge is 0.307 e. The molecule has 208 valence electrons. The van der Waals surface area contributed by atoms with Crippen molar-refractivity contribution in [3.63, 3.8) is 0 Å². The summed E-state index contributed by atoms with van der Waals surface area (Å²) in [5.41, 5.74) is 1.78. The first-order valence-corrected chi connectivity index (χ1v) is 14.4. The van der Waals surface area contributed by atoms with E-state index in [1.54, 1.807) is 12.1 Å². The zero-order valence-corrected chi connectivity index (χ0v) is 23.2. The molecule has 0 aliphatic carbocycles. The molecule has 9 nitrogen and oxygen atoms in total. The third kappa shape index (κ3) is 8.62. The van der Waals surface area contributed by atoms with E-state index in [-0.39, 0.29) is 18.0 Å². The number of hydrogen-bond acceptors (Lipinski definition) is 6. The Labute approximate surface area is 229 Å². The number of sulfonamides is 1. The normalized spacial score (nSPS) is 12.9. The highest BCUT2D eigenvalue weighted by atomic mass is 32.2. The number of amides is 2. The maximum absolute atomic E-state index is 13.1. The lowest BCUT2D eigenvalue weighted by molar-refractivity contribution is -0.145. The van der Waals surface area contributed by atoms with Crippen molar-refractivity contribution >= 4 is 38.6 Å². The van der Waals surface area contributed by atoms with E-state index in [2.05, 4.69) is 15.4 Å². The highest BCUT2D eigenvalue weighted by Crippen LogP contribution is 2.18. The molecule has 3 aromatic carbocycles. The van der Waals surface area contributed by atoms with Gasteiger partial charge in [-0.15, -0.1) is 0 Å². The Morgan fingerprint density at radius 1 is 0.923 bits per heavy atom. The maximum atomic E-state index is 13.1. The van der Waals surface area contributed by atoms with Crippen LogP contribution in [0, 0.1) is 6.92 Å². The predicted octanol–water partition coefficient (Wildman–Crippen LogP) is 3.35. The van der Waals surface area contributed by atoms with Crippen LogP contribution in [0.25, 0.3) is 10.8 Å². The third-order valence-electron chi connectivity index (χ3n) is 6.16. The fourth-order valence-corrected chi connectivity index (χ4v) is 5.07. The van der Waals surface area contributed by atoms with Crippen molar-refractivity contribution in [3.05, 3.63) is 77.9 Å². The summed E-state index contributed by atoms with van der Waals surface area (Å²) >= 11 is 0. The molecule has 0 spiro atoms. The molecule has 2 amide bonds. The van der Waals surface area contributed by atoms with Gasteiger partial charge in [0.05, 0.1) is 17.9 Å². The minimum atomic E-state index is -4.13. The lowest BCUT2D eigenvalue weighted by atomic mass is 10.0. The number of carbonyl (C=O) groups is 3. The predicted molar refractivity (Wildman–Crippen MR) is 149 cm³/mol. The van der Waals surface area contributed by atoms with Gasteiger partial charge in [-0.3, -0.25) is 14.4 Å². The largest absolute Gasteiger partial charge is 0.466 e. The van der Waals surface area contributed by atoms with E-state index >= 15 is 0 Å². The van der Waals surface area contributed by atoms with Crippen LogP contribution >= 0.6 is 0 Å². The number of unbranched alkanes of at least 4 members (excludes halogenated alkanes) is 1. The van der Waals surface area contributed by atoms with Gasteiger partial charge in [-0.25, -0.2) is 8.42 Å². The van der Waals surface area contributed by atoms with Gasteiger partial charge in [0, 0.05) is 6.54 Å². The molecule has 0 radical (unpaired) electrons. The van der Waals surface area contributed by atoms with E-state index in [0.29, 0.717) is 6.42 Å². The van der Waals surface area contributed by atoms with Crippen LogP contribution < -0.4 is 15.4 Å². The van der Waals surface area contributed by atoms with Crippen molar-refractivity contribution in [2.24, 2.45) is 0 Å². The molecule has 0 unspecified atom stereocenters. The number of nitrogens with one attached hydrogen (secondary N) is 3. The van der Waals surface area contributed by atoms with Gasteiger partial charge in [-0.1, -0.05) is 73.5 Å². The molecular weight excluding hydrogens is 518 g/mol. The molecule has 0 saturated heterocycles. The Kier molecular flexibility index (Phi) is 10.6. The van der Waals surface area contributed by atoms with Gasteiger partial charge in [0.1, 0.15) is 12.1 Å². The zero-order chi connectivity index (χ0) is 28.4. The van der Waals surface area contributed by atoms with Crippen molar-refractivity contribution in [2.45, 2.75) is 63.6 Å². The van der Waals surface area contributed by atoms with Gasteiger partial charge in [0.25, 0.3) is 0 Å². The molecule has 3 N–H and O–H groups in total. The lowest BCUT2D eigenvalue weighted by Crippen LogP contribution is -2.53. The number of rotatable bonds is 13. The second-order valence-corrected chi connectivity index (χ2v) is 11.1. The molecule has 0 saturated carbocycles. The fraction of sp³-hybridized carbons (Fsp3) is 0.345. The molecule has 0 fully saturated rings. The Morgan fingerprint density at radius 2 is 1.62 bits per heavy atom. The molecule has 0 aliphatic rings. The summed E-state index contributed by atoms with van der Waals surface area (Å²) in [6.45, 7) is 5.65. The van der Waals surface area contributed by atoms with E-state index in [0.717, 1.165) is 28.3 Å². The van der Waals surface area contributed by atoms with Gasteiger partial charge in [0.15, 0.2) is 0 Å². The van der Waals surface area contributed by atoms with Crippen LogP contribution in [0.1, 0.15) is 44.2 Å². The molecule has 0 aromatic heterocycles. The van der Waals surface area contributed by atoms with Crippen LogP contribution in [0.3, 0.4) is 0 Å². The summed E-state index contributed by atoms with van der Waals surface area (Å²) in [6, 6.07) is 17.2. The van der Waals surface area contributed by atoms with E-state index in [1.165, 1.54) is 19.1 Å². The van der Waals surface area contributed by atoms with E-state index in [9.17, 15) is 22.8 Å². The van der Waals surface area contributed by atoms with Crippen LogP contribution in [0.2, 0.25) is 0 Å². The number of esters is 1. The van der Waals surface area contributed by atoms with Gasteiger partial charge < -0.3 is 15.4 Å². The molecular formula is C29H35N3O6S. The summed E-state index contributed by atoms with van der Waals surface area (Å²) in [7, 11) is -4.13. The average Bonchev–Trinajstić information content (AvgIpc) is 2.91. The van der Waals surface area contributed by atoms with Crippen LogP contribution in [0.4, 0.5) is 0 Å². The van der Waals surface area contributed by atoms with Gasteiger partial charge in [-0.05, 0) is 48.7 Å². The van der Waals surface area contributed by atoms with Crippen molar-refractivity contribution < 1.29 is 27.5 Å². The number of hydrogen-bond donors (Lipinski definition) is 3. The molecule has 39 heavy (non-hydrogen) atoms. The van der Waals surface area contributed by atoms with Crippen LogP contribution in [0.15, 0.2) is 71.6 Å². The third-order valence-corrected chi connectivity index (χ3v) is 7.65. The fourth-order valence-electron chi connectivity index (χ4n) is 3.88. The summed E-state index contributed by atoms with van der Waals surface area (Å²) in [5.74, 6) is -1.99. The quantitative estimate of drug-likeness (QED) is 0.220. The average molecular weight is 554 g/mol. The summed E-state index contributed by atoms with van der Waals surface area (Å²) < 4.78 is 33.4. The topological polar surface area (TPSA) is 131 Å². The molecule has 3 rings (SSSR count). The number of aryl methyl sites for hydroxylation is 1. The molecule has 0 bridgehead atoms. The van der Waals surface area contributed by atoms with Crippen molar-refractivity contribution in [1.82, 2.24) is 15.4 Å². The highest BCUT2D eigenvalue weighted by molar-refractivity contribution is 7.89. The summed E-state index contributed by atoms with van der Waals surface area (Å²) in [4.78, 5) is 38.2. The van der Waals surface area contributed by atoms with E-state index in [1.807, 2.05) is 56.3 Å². The number of ether oxygens (including phenoxy) is 1. The van der Waals surface area contributed by atoms with Crippen molar-refractivity contribution in [1.29, 1.82) is 0 Å². The summed E-state index contributed by atoms with van der Waals surface area (Å²) in [5, 5.41) is 7.37. The first-order valence-electron chi connectivity index (χ1n) is 12.9. The minimum absolute atomic E-state index is 0.0499. The van der Waals surface area contributed by atoms with Crippen LogP contribution in [0.5, 0.6) is 0 Å². The number of fused-ring (bicyclic) bond motifs is 1. The monoisotopic (exact) mass is 553 g/mol. The van der Waals surface area contributed by atoms with Gasteiger partial charge in [0.2, 0.25) is 21.8 Å². The number of benzene rings is 3. The van der Waals surface area contributed by atoms with Crippen LogP contribution in [-0.2, 0) is 35.7 Å². The summed E-state index contributed by atoms with van der Waals surface area (Å²) in [6.07, 6.45) is 0.930. The second kappa shape index (κ2) is 13.9. The zero-order valence-electron chi connectivity index (χ0n) is 22.4. The first-order chi connectivity index (χ1) is 18.6. The molecule has 2 atom stereocenters. The second-order valence-electron chi connectivity index (χ2n) is 9.35. The Bertz CT molecular complexity index is 1400.